The zero-order chi connectivity index (χ0) is 20.3. The van der Waals surface area contributed by atoms with E-state index in [1.807, 2.05) is 31.4 Å². The first-order chi connectivity index (χ1) is 13.3. The molecule has 3 aromatic rings. The first kappa shape index (κ1) is 20.4. The Kier molecular flexibility index (Phi) is 6.12. The molecule has 146 valence electrons. The smallest absolute Gasteiger partial charge is 0.267 e. The molecule has 0 aliphatic heterocycles. The molecule has 0 spiro atoms. The van der Waals surface area contributed by atoms with Gasteiger partial charge >= 0.3 is 0 Å². The van der Waals surface area contributed by atoms with E-state index >= 15 is 0 Å². The van der Waals surface area contributed by atoms with Crippen LogP contribution in [0.15, 0.2) is 69.8 Å². The SMILES string of the molecule is CSc1cccc(NC(=O)c2sccc2N(C)S(=O)(=O)c2ccc(C)cc2)c1. The quantitative estimate of drug-likeness (QED) is 0.565. The summed E-state index contributed by atoms with van der Waals surface area (Å²) in [6.07, 6.45) is 1.96. The van der Waals surface area contributed by atoms with Crippen molar-refractivity contribution < 1.29 is 13.2 Å². The van der Waals surface area contributed by atoms with Gasteiger partial charge in [-0.1, -0.05) is 23.8 Å². The van der Waals surface area contributed by atoms with Crippen LogP contribution in [-0.2, 0) is 10.0 Å². The van der Waals surface area contributed by atoms with Crippen LogP contribution in [0.4, 0.5) is 11.4 Å². The van der Waals surface area contributed by atoms with Crippen LogP contribution in [-0.4, -0.2) is 27.6 Å². The maximum absolute atomic E-state index is 13.0. The van der Waals surface area contributed by atoms with Gasteiger partial charge in [0.1, 0.15) is 4.88 Å². The van der Waals surface area contributed by atoms with Gasteiger partial charge in [-0.25, -0.2) is 8.42 Å². The molecule has 1 aromatic heterocycles. The number of carbonyl (C=O) groups is 1. The third-order valence-corrected chi connectivity index (χ3v) is 7.61. The lowest BCUT2D eigenvalue weighted by atomic mass is 10.2. The van der Waals surface area contributed by atoms with Gasteiger partial charge in [-0.15, -0.1) is 23.1 Å². The second-order valence-electron chi connectivity index (χ2n) is 6.11. The standard InChI is InChI=1S/C20H20N2O3S3/c1-14-7-9-17(10-8-14)28(24,25)22(2)18-11-12-27-19(18)20(23)21-15-5-4-6-16(13-15)26-3/h4-13H,1-3H3,(H,21,23). The molecule has 0 saturated carbocycles. The second kappa shape index (κ2) is 8.38. The number of amides is 1. The predicted molar refractivity (Wildman–Crippen MR) is 117 cm³/mol. The van der Waals surface area contributed by atoms with Crippen molar-refractivity contribution in [2.75, 3.05) is 22.9 Å². The van der Waals surface area contributed by atoms with Crippen molar-refractivity contribution in [2.24, 2.45) is 0 Å². The van der Waals surface area contributed by atoms with E-state index in [0.717, 1.165) is 14.8 Å². The molecule has 0 aliphatic carbocycles. The normalized spacial score (nSPS) is 11.2. The highest BCUT2D eigenvalue weighted by Crippen LogP contribution is 2.31. The molecule has 0 atom stereocenters. The molecule has 0 saturated heterocycles. The highest BCUT2D eigenvalue weighted by molar-refractivity contribution is 7.98. The molecule has 0 fully saturated rings. The molecule has 1 amide bonds. The lowest BCUT2D eigenvalue weighted by molar-refractivity contribution is 0.103. The molecule has 8 heteroatoms. The Morgan fingerprint density at radius 2 is 1.82 bits per heavy atom. The Morgan fingerprint density at radius 1 is 1.11 bits per heavy atom. The summed E-state index contributed by atoms with van der Waals surface area (Å²) < 4.78 is 27.1. The van der Waals surface area contributed by atoms with Crippen molar-refractivity contribution in [1.82, 2.24) is 0 Å². The van der Waals surface area contributed by atoms with Crippen LogP contribution in [0.2, 0.25) is 0 Å². The van der Waals surface area contributed by atoms with E-state index in [-0.39, 0.29) is 10.8 Å². The van der Waals surface area contributed by atoms with E-state index in [1.54, 1.807) is 53.5 Å². The molecule has 28 heavy (non-hydrogen) atoms. The minimum atomic E-state index is -3.76. The highest BCUT2D eigenvalue weighted by atomic mass is 32.2. The summed E-state index contributed by atoms with van der Waals surface area (Å²) in [5.41, 5.74) is 1.99. The monoisotopic (exact) mass is 432 g/mol. The fourth-order valence-corrected chi connectivity index (χ4v) is 5.15. The number of thiophene rings is 1. The van der Waals surface area contributed by atoms with E-state index in [0.29, 0.717) is 16.3 Å². The minimum absolute atomic E-state index is 0.186. The fourth-order valence-electron chi connectivity index (χ4n) is 2.61. The summed E-state index contributed by atoms with van der Waals surface area (Å²) in [6, 6.07) is 15.8. The van der Waals surface area contributed by atoms with Crippen LogP contribution in [0.3, 0.4) is 0 Å². The van der Waals surface area contributed by atoms with Crippen LogP contribution in [0.25, 0.3) is 0 Å². The van der Waals surface area contributed by atoms with Gasteiger partial charge in [0, 0.05) is 17.6 Å². The van der Waals surface area contributed by atoms with E-state index in [1.165, 1.54) is 18.4 Å². The number of hydrogen-bond donors (Lipinski definition) is 1. The largest absolute Gasteiger partial charge is 0.321 e. The fraction of sp³-hybridized carbons (Fsp3) is 0.150. The predicted octanol–water partition coefficient (Wildman–Crippen LogP) is 4.86. The Bertz CT molecular complexity index is 1090. The van der Waals surface area contributed by atoms with Crippen molar-refractivity contribution in [3.05, 3.63) is 70.4 Å². The average molecular weight is 433 g/mol. The van der Waals surface area contributed by atoms with E-state index in [2.05, 4.69) is 5.32 Å². The topological polar surface area (TPSA) is 66.5 Å². The maximum atomic E-state index is 13.0. The first-order valence-electron chi connectivity index (χ1n) is 8.41. The molecule has 0 unspecified atom stereocenters. The van der Waals surface area contributed by atoms with Gasteiger partial charge in [0.25, 0.3) is 15.9 Å². The molecular weight excluding hydrogens is 412 g/mol. The summed E-state index contributed by atoms with van der Waals surface area (Å²) in [5.74, 6) is -0.339. The summed E-state index contributed by atoms with van der Waals surface area (Å²) in [7, 11) is -2.30. The average Bonchev–Trinajstić information content (AvgIpc) is 3.17. The lowest BCUT2D eigenvalue weighted by Crippen LogP contribution is -2.28. The van der Waals surface area contributed by atoms with Gasteiger partial charge in [0.15, 0.2) is 0 Å². The third kappa shape index (κ3) is 4.24. The summed E-state index contributed by atoms with van der Waals surface area (Å²) >= 11 is 2.79. The number of thioether (sulfide) groups is 1. The van der Waals surface area contributed by atoms with E-state index in [4.69, 9.17) is 0 Å². The number of benzene rings is 2. The third-order valence-electron chi connectivity index (χ3n) is 4.20. The van der Waals surface area contributed by atoms with Crippen LogP contribution in [0, 0.1) is 6.92 Å². The number of sulfonamides is 1. The van der Waals surface area contributed by atoms with E-state index < -0.39 is 10.0 Å². The van der Waals surface area contributed by atoms with Crippen molar-refractivity contribution in [3.63, 3.8) is 0 Å². The molecular formula is C20H20N2O3S3. The maximum Gasteiger partial charge on any atom is 0.267 e. The molecule has 0 bridgehead atoms. The van der Waals surface area contributed by atoms with Gasteiger partial charge in [0.05, 0.1) is 10.6 Å². The molecule has 1 N–H and O–H groups in total. The van der Waals surface area contributed by atoms with Crippen LogP contribution < -0.4 is 9.62 Å². The Balaban J connectivity index is 1.88. The lowest BCUT2D eigenvalue weighted by Gasteiger charge is -2.20. The van der Waals surface area contributed by atoms with Gasteiger partial charge in [-0.2, -0.15) is 0 Å². The molecule has 0 aliphatic rings. The zero-order valence-corrected chi connectivity index (χ0v) is 18.1. The van der Waals surface area contributed by atoms with Gasteiger partial charge < -0.3 is 5.32 Å². The number of carbonyl (C=O) groups excluding carboxylic acids is 1. The molecule has 5 nitrogen and oxygen atoms in total. The molecule has 1 heterocycles. The second-order valence-corrected chi connectivity index (χ2v) is 9.87. The van der Waals surface area contributed by atoms with Crippen molar-refractivity contribution in [3.8, 4) is 0 Å². The Labute approximate surface area is 173 Å². The number of rotatable bonds is 6. The summed E-state index contributed by atoms with van der Waals surface area (Å²) in [4.78, 5) is 14.3. The van der Waals surface area contributed by atoms with Crippen molar-refractivity contribution in [2.45, 2.75) is 16.7 Å². The highest BCUT2D eigenvalue weighted by Gasteiger charge is 2.26. The summed E-state index contributed by atoms with van der Waals surface area (Å²) in [6.45, 7) is 1.90. The van der Waals surface area contributed by atoms with Crippen molar-refractivity contribution in [1.29, 1.82) is 0 Å². The number of nitrogens with zero attached hydrogens (tertiary/aromatic N) is 1. The molecule has 2 aromatic carbocycles. The number of hydrogen-bond acceptors (Lipinski definition) is 5. The van der Waals surface area contributed by atoms with E-state index in [9.17, 15) is 13.2 Å². The van der Waals surface area contributed by atoms with Gasteiger partial charge in [-0.05, 0) is 55.0 Å². The van der Waals surface area contributed by atoms with Crippen LogP contribution in [0.5, 0.6) is 0 Å². The van der Waals surface area contributed by atoms with Gasteiger partial charge in [0.2, 0.25) is 0 Å². The van der Waals surface area contributed by atoms with Crippen molar-refractivity contribution >= 4 is 50.4 Å². The number of anilines is 2. The summed E-state index contributed by atoms with van der Waals surface area (Å²) in [5, 5.41) is 4.56. The Morgan fingerprint density at radius 3 is 2.50 bits per heavy atom. The van der Waals surface area contributed by atoms with Gasteiger partial charge in [-0.3, -0.25) is 9.10 Å². The zero-order valence-electron chi connectivity index (χ0n) is 15.7. The first-order valence-corrected chi connectivity index (χ1v) is 12.0. The van der Waals surface area contributed by atoms with Crippen LogP contribution in [0.1, 0.15) is 15.2 Å². The number of aryl methyl sites for hydroxylation is 1. The van der Waals surface area contributed by atoms with Crippen LogP contribution >= 0.6 is 23.1 Å². The minimum Gasteiger partial charge on any atom is -0.321 e. The Hall–Kier alpha value is -2.29. The molecule has 3 rings (SSSR count). The molecule has 0 radical (unpaired) electrons. The number of nitrogens with one attached hydrogen (secondary N) is 1.